The van der Waals surface area contributed by atoms with Crippen molar-refractivity contribution in [2.45, 2.75) is 53.4 Å². The van der Waals surface area contributed by atoms with Crippen molar-refractivity contribution < 1.29 is 18.0 Å². The fourth-order valence-electron chi connectivity index (χ4n) is 4.30. The van der Waals surface area contributed by atoms with Crippen LogP contribution < -0.4 is 11.4 Å². The molecular weight excluding hydrogens is 433 g/mol. The molecule has 2 aromatic rings. The minimum Gasteiger partial charge on any atom is -0.366 e. The van der Waals surface area contributed by atoms with Gasteiger partial charge < -0.3 is 10.6 Å². The highest BCUT2D eigenvalue weighted by Crippen LogP contribution is 2.38. The number of likely N-dealkylation sites (N-methyl/N-ethyl adjacent to an activating group) is 1. The average Bonchev–Trinajstić information content (AvgIpc) is 3.00. The zero-order chi connectivity index (χ0) is 24.6. The highest BCUT2D eigenvalue weighted by atomic mass is 19.4. The number of hydrogen-bond acceptors (Lipinski definition) is 3. The maximum Gasteiger partial charge on any atom is 0.418 e. The maximum atomic E-state index is 14.1. The predicted molar refractivity (Wildman–Crippen MR) is 123 cm³/mol. The Bertz CT molecular complexity index is 1170. The van der Waals surface area contributed by atoms with Gasteiger partial charge in [0.15, 0.2) is 0 Å². The molecule has 180 valence electrons. The van der Waals surface area contributed by atoms with Crippen LogP contribution in [0.25, 0.3) is 11.0 Å². The summed E-state index contributed by atoms with van der Waals surface area (Å²) in [6.07, 6.45) is 1.69. The van der Waals surface area contributed by atoms with Gasteiger partial charge in [0.1, 0.15) is 0 Å². The Morgan fingerprint density at radius 2 is 1.85 bits per heavy atom. The number of halogens is 3. The van der Waals surface area contributed by atoms with Crippen molar-refractivity contribution in [3.05, 3.63) is 57.5 Å². The molecule has 0 fully saturated rings. The number of nitrogens with zero attached hydrogens (tertiary/aromatic N) is 3. The van der Waals surface area contributed by atoms with Crippen molar-refractivity contribution in [1.82, 2.24) is 14.0 Å². The number of amides is 1. The van der Waals surface area contributed by atoms with Gasteiger partial charge >= 0.3 is 11.9 Å². The second-order valence-corrected chi connectivity index (χ2v) is 9.01. The predicted octanol–water partition coefficient (Wildman–Crippen LogP) is 4.18. The first-order chi connectivity index (χ1) is 15.4. The van der Waals surface area contributed by atoms with Gasteiger partial charge in [0, 0.05) is 25.2 Å². The summed E-state index contributed by atoms with van der Waals surface area (Å²) in [5, 5.41) is 0. The summed E-state index contributed by atoms with van der Waals surface area (Å²) in [6, 6.07) is 2.04. The number of alkyl halides is 3. The molecule has 0 aliphatic heterocycles. The van der Waals surface area contributed by atoms with Crippen LogP contribution >= 0.6 is 0 Å². The monoisotopic (exact) mass is 464 g/mol. The molecule has 1 heterocycles. The Morgan fingerprint density at radius 3 is 2.39 bits per heavy atom. The van der Waals surface area contributed by atoms with E-state index in [4.69, 9.17) is 5.73 Å². The van der Waals surface area contributed by atoms with Crippen LogP contribution in [0.4, 0.5) is 13.2 Å². The van der Waals surface area contributed by atoms with E-state index in [1.54, 1.807) is 0 Å². The van der Waals surface area contributed by atoms with E-state index in [2.05, 4.69) is 4.90 Å². The second kappa shape index (κ2) is 9.21. The molecule has 1 aliphatic rings. The third-order valence-corrected chi connectivity index (χ3v) is 6.50. The summed E-state index contributed by atoms with van der Waals surface area (Å²) in [5.74, 6) is -0.973. The largest absolute Gasteiger partial charge is 0.418 e. The van der Waals surface area contributed by atoms with Crippen molar-refractivity contribution in [1.29, 1.82) is 0 Å². The van der Waals surface area contributed by atoms with Crippen LogP contribution in [0.5, 0.6) is 0 Å². The molecule has 1 aliphatic carbocycles. The summed E-state index contributed by atoms with van der Waals surface area (Å²) < 4.78 is 44.9. The van der Waals surface area contributed by atoms with Crippen LogP contribution in [0.15, 0.2) is 40.7 Å². The van der Waals surface area contributed by atoms with Crippen molar-refractivity contribution in [2.75, 3.05) is 19.6 Å². The number of benzene rings is 1. The second-order valence-electron chi connectivity index (χ2n) is 9.01. The van der Waals surface area contributed by atoms with Gasteiger partial charge in [-0.15, -0.1) is 0 Å². The normalized spacial score (nSPS) is 15.9. The SMILES string of the molecule is CCN(CC)CCn1c(=O)n(CC2=CC=CCC2(C)C)c2c(C(F)(F)F)cc(C(N)=O)cc21. The molecule has 0 bridgehead atoms. The van der Waals surface area contributed by atoms with Crippen LogP contribution in [-0.2, 0) is 19.3 Å². The number of allylic oxidation sites excluding steroid dienone is 4. The van der Waals surface area contributed by atoms with E-state index in [1.165, 1.54) is 15.2 Å². The molecule has 33 heavy (non-hydrogen) atoms. The Labute approximate surface area is 191 Å². The Kier molecular flexibility index (Phi) is 6.93. The van der Waals surface area contributed by atoms with Gasteiger partial charge in [0.25, 0.3) is 0 Å². The molecular formula is C24H31F3N4O2. The van der Waals surface area contributed by atoms with Gasteiger partial charge in [-0.3, -0.25) is 13.9 Å². The van der Waals surface area contributed by atoms with E-state index < -0.39 is 23.3 Å². The third kappa shape index (κ3) is 4.93. The van der Waals surface area contributed by atoms with Crippen LogP contribution in [0, 0.1) is 5.41 Å². The lowest BCUT2D eigenvalue weighted by atomic mass is 9.78. The number of aromatic nitrogens is 2. The van der Waals surface area contributed by atoms with E-state index in [1.807, 2.05) is 45.9 Å². The molecule has 0 atom stereocenters. The van der Waals surface area contributed by atoms with E-state index in [-0.39, 0.29) is 35.1 Å². The van der Waals surface area contributed by atoms with Gasteiger partial charge in [-0.1, -0.05) is 45.9 Å². The summed E-state index contributed by atoms with van der Waals surface area (Å²) >= 11 is 0. The van der Waals surface area contributed by atoms with Crippen LogP contribution in [-0.4, -0.2) is 39.6 Å². The van der Waals surface area contributed by atoms with E-state index in [0.717, 1.165) is 31.1 Å². The zero-order valence-electron chi connectivity index (χ0n) is 19.5. The number of primary amides is 1. The van der Waals surface area contributed by atoms with Gasteiger partial charge in [-0.25, -0.2) is 4.79 Å². The summed E-state index contributed by atoms with van der Waals surface area (Å²) in [6.45, 7) is 10.2. The lowest BCUT2D eigenvalue weighted by Crippen LogP contribution is -2.32. The molecule has 0 radical (unpaired) electrons. The molecule has 9 heteroatoms. The summed E-state index contributed by atoms with van der Waals surface area (Å²) in [7, 11) is 0. The first-order valence-electron chi connectivity index (χ1n) is 11.1. The Morgan fingerprint density at radius 1 is 1.18 bits per heavy atom. The zero-order valence-corrected chi connectivity index (χ0v) is 19.5. The maximum absolute atomic E-state index is 14.1. The quantitative estimate of drug-likeness (QED) is 0.637. The summed E-state index contributed by atoms with van der Waals surface area (Å²) in [4.78, 5) is 27.4. The first kappa shape index (κ1) is 24.8. The smallest absolute Gasteiger partial charge is 0.366 e. The number of carbonyl (C=O) groups is 1. The van der Waals surface area contributed by atoms with Crippen LogP contribution in [0.1, 0.15) is 50.0 Å². The molecule has 2 N–H and O–H groups in total. The fraction of sp³-hybridized carbons (Fsp3) is 0.500. The number of imidazole rings is 1. The molecule has 0 saturated carbocycles. The third-order valence-electron chi connectivity index (χ3n) is 6.50. The molecule has 0 saturated heterocycles. The first-order valence-corrected chi connectivity index (χ1v) is 11.1. The summed E-state index contributed by atoms with van der Waals surface area (Å²) in [5.41, 5.74) is 3.92. The molecule has 6 nitrogen and oxygen atoms in total. The fourth-order valence-corrected chi connectivity index (χ4v) is 4.30. The lowest BCUT2D eigenvalue weighted by Gasteiger charge is -2.29. The average molecular weight is 465 g/mol. The van der Waals surface area contributed by atoms with E-state index in [0.29, 0.717) is 6.54 Å². The van der Waals surface area contributed by atoms with E-state index >= 15 is 0 Å². The van der Waals surface area contributed by atoms with Crippen molar-refractivity contribution >= 4 is 16.9 Å². The van der Waals surface area contributed by atoms with Crippen molar-refractivity contribution in [2.24, 2.45) is 11.1 Å². The molecule has 0 unspecified atom stereocenters. The van der Waals surface area contributed by atoms with Gasteiger partial charge in [-0.2, -0.15) is 13.2 Å². The van der Waals surface area contributed by atoms with Crippen LogP contribution in [0.2, 0.25) is 0 Å². The Hall–Kier alpha value is -2.81. The molecule has 1 aromatic carbocycles. The van der Waals surface area contributed by atoms with Gasteiger partial charge in [0.2, 0.25) is 5.91 Å². The standard InChI is InChI=1S/C24H31F3N4O2/c1-5-29(6-2)11-12-30-19-14-16(21(28)32)13-18(24(25,26)27)20(19)31(22(30)33)15-17-9-7-8-10-23(17,3)4/h7-9,13-14H,5-6,10-12,15H2,1-4H3,(H2,28,32). The van der Waals surface area contributed by atoms with Crippen molar-refractivity contribution in [3.63, 3.8) is 0 Å². The number of rotatable bonds is 8. The number of fused-ring (bicyclic) bond motifs is 1. The topological polar surface area (TPSA) is 73.3 Å². The highest BCUT2D eigenvalue weighted by molar-refractivity contribution is 5.97. The van der Waals surface area contributed by atoms with E-state index in [9.17, 15) is 22.8 Å². The molecule has 1 aromatic heterocycles. The highest BCUT2D eigenvalue weighted by Gasteiger charge is 2.37. The minimum absolute atomic E-state index is 0.0317. The Balaban J connectivity index is 2.29. The number of carbonyl (C=O) groups excluding carboxylic acids is 1. The number of hydrogen-bond donors (Lipinski definition) is 1. The molecule has 0 spiro atoms. The lowest BCUT2D eigenvalue weighted by molar-refractivity contribution is -0.136. The molecule has 3 rings (SSSR count). The minimum atomic E-state index is -4.76. The van der Waals surface area contributed by atoms with Gasteiger partial charge in [-0.05, 0) is 42.6 Å². The van der Waals surface area contributed by atoms with Crippen LogP contribution in [0.3, 0.4) is 0 Å². The molecule has 1 amide bonds. The number of nitrogens with two attached hydrogens (primary N) is 1. The van der Waals surface area contributed by atoms with Crippen molar-refractivity contribution in [3.8, 4) is 0 Å². The van der Waals surface area contributed by atoms with Gasteiger partial charge in [0.05, 0.1) is 16.6 Å².